The summed E-state index contributed by atoms with van der Waals surface area (Å²) in [5.41, 5.74) is 4.95. The van der Waals surface area contributed by atoms with E-state index in [2.05, 4.69) is 63.0 Å². The molecule has 0 aliphatic rings. The zero-order chi connectivity index (χ0) is 20.0. The lowest BCUT2D eigenvalue weighted by molar-refractivity contribution is 0.365. The number of nitrogens with zero attached hydrogens (tertiary/aromatic N) is 2. The first-order valence-electron chi connectivity index (χ1n) is 8.38. The predicted octanol–water partition coefficient (Wildman–Crippen LogP) is 4.29. The molecule has 2 heterocycles. The Hall–Kier alpha value is -1.64. The maximum Gasteiger partial charge on any atom is 0.274 e. The van der Waals surface area contributed by atoms with Crippen molar-refractivity contribution in [3.63, 3.8) is 0 Å². The van der Waals surface area contributed by atoms with Crippen molar-refractivity contribution in [2.24, 2.45) is 0 Å². The third kappa shape index (κ3) is 3.42. The van der Waals surface area contributed by atoms with Crippen LogP contribution >= 0.6 is 56.5 Å². The molecule has 4 nitrogen and oxygen atoms in total. The van der Waals surface area contributed by atoms with Crippen LogP contribution in [-0.4, -0.2) is 16.0 Å². The fourth-order valence-corrected chi connectivity index (χ4v) is 6.10. The van der Waals surface area contributed by atoms with Gasteiger partial charge >= 0.3 is 0 Å². The van der Waals surface area contributed by atoms with Crippen LogP contribution in [-0.2, 0) is 0 Å². The second kappa shape index (κ2) is 7.65. The van der Waals surface area contributed by atoms with Crippen molar-refractivity contribution in [3.8, 4) is 18.1 Å². The molecule has 0 unspecified atom stereocenters. The summed E-state index contributed by atoms with van der Waals surface area (Å²) in [4.78, 5) is 18.4. The minimum absolute atomic E-state index is 0.0385. The number of ether oxygens (including phenoxy) is 1. The molecular formula is C21H14I2N2O2S. The molecular weight excluding hydrogens is 598 g/mol. The van der Waals surface area contributed by atoms with Crippen molar-refractivity contribution < 1.29 is 4.74 Å². The largest absolute Gasteiger partial charge is 0.479 e. The van der Waals surface area contributed by atoms with Crippen LogP contribution in [0.2, 0.25) is 0 Å². The Morgan fingerprint density at radius 2 is 1.89 bits per heavy atom. The third-order valence-electron chi connectivity index (χ3n) is 4.47. The van der Waals surface area contributed by atoms with E-state index in [0.29, 0.717) is 4.53 Å². The number of benzene rings is 2. The van der Waals surface area contributed by atoms with Crippen molar-refractivity contribution in [2.75, 3.05) is 6.61 Å². The number of hydrogen-bond donors (Lipinski definition) is 0. The summed E-state index contributed by atoms with van der Waals surface area (Å²) in [7, 11) is 0. The van der Waals surface area contributed by atoms with Gasteiger partial charge in [0.1, 0.15) is 12.4 Å². The van der Waals surface area contributed by atoms with Crippen molar-refractivity contribution in [1.82, 2.24) is 9.38 Å². The molecule has 0 saturated carbocycles. The van der Waals surface area contributed by atoms with Gasteiger partial charge in [-0.05, 0) is 106 Å². The first kappa shape index (κ1) is 19.7. The molecule has 0 radical (unpaired) electrons. The lowest BCUT2D eigenvalue weighted by atomic mass is 10.1. The number of fused-ring (bicyclic) bond motifs is 3. The van der Waals surface area contributed by atoms with E-state index >= 15 is 0 Å². The number of rotatable bonds is 3. The average molecular weight is 612 g/mol. The van der Waals surface area contributed by atoms with E-state index in [1.54, 1.807) is 4.40 Å². The number of terminal acetylenes is 1. The first-order chi connectivity index (χ1) is 13.4. The summed E-state index contributed by atoms with van der Waals surface area (Å²) >= 11 is 5.85. The number of halogens is 2. The highest BCUT2D eigenvalue weighted by Crippen LogP contribution is 2.29. The van der Waals surface area contributed by atoms with Crippen LogP contribution in [0.5, 0.6) is 5.75 Å². The van der Waals surface area contributed by atoms with Crippen LogP contribution < -0.4 is 14.8 Å². The van der Waals surface area contributed by atoms with Gasteiger partial charge in [0.25, 0.3) is 5.56 Å². The quantitative estimate of drug-likeness (QED) is 0.256. The van der Waals surface area contributed by atoms with E-state index in [1.807, 2.05) is 37.3 Å². The van der Waals surface area contributed by atoms with Crippen molar-refractivity contribution >= 4 is 78.6 Å². The first-order valence-corrected chi connectivity index (χ1v) is 11.4. The summed E-state index contributed by atoms with van der Waals surface area (Å²) in [6, 6.07) is 8.04. The number of aromatic nitrogens is 2. The van der Waals surface area contributed by atoms with E-state index in [-0.39, 0.29) is 12.2 Å². The second-order valence-electron chi connectivity index (χ2n) is 6.38. The molecule has 2 aromatic carbocycles. The van der Waals surface area contributed by atoms with Gasteiger partial charge in [0.15, 0.2) is 4.96 Å². The Morgan fingerprint density at radius 1 is 1.21 bits per heavy atom. The Labute approximate surface area is 192 Å². The van der Waals surface area contributed by atoms with Crippen LogP contribution in [0, 0.1) is 33.3 Å². The topological polar surface area (TPSA) is 43.6 Å². The van der Waals surface area contributed by atoms with Crippen LogP contribution in [0.4, 0.5) is 0 Å². The molecule has 0 saturated heterocycles. The highest BCUT2D eigenvalue weighted by Gasteiger charge is 2.13. The van der Waals surface area contributed by atoms with Gasteiger partial charge < -0.3 is 4.74 Å². The molecule has 0 N–H and O–H groups in total. The number of thiazole rings is 1. The number of aryl methyl sites for hydroxylation is 2. The summed E-state index contributed by atoms with van der Waals surface area (Å²) < 4.78 is 9.89. The van der Waals surface area contributed by atoms with Crippen molar-refractivity contribution in [3.05, 3.63) is 63.0 Å². The van der Waals surface area contributed by atoms with Gasteiger partial charge in [-0.3, -0.25) is 4.79 Å². The zero-order valence-electron chi connectivity index (χ0n) is 15.0. The number of imidazole rings is 1. The van der Waals surface area contributed by atoms with E-state index in [0.717, 1.165) is 40.0 Å². The fourth-order valence-electron chi connectivity index (χ4n) is 2.98. The van der Waals surface area contributed by atoms with E-state index in [4.69, 9.17) is 11.2 Å². The van der Waals surface area contributed by atoms with Gasteiger partial charge in [0.2, 0.25) is 0 Å². The predicted molar refractivity (Wildman–Crippen MR) is 131 cm³/mol. The van der Waals surface area contributed by atoms with Gasteiger partial charge in [-0.25, -0.2) is 9.38 Å². The maximum absolute atomic E-state index is 13.0. The highest BCUT2D eigenvalue weighted by atomic mass is 127. The standard InChI is InChI=1S/C21H14I2N2O2S/c1-4-5-27-19-14(22)8-13(9-15(19)23)10-18-20(26)25-17-7-12(3)11(2)6-16(17)24-21(25)28-18/h1,6-10H,5H2,2-3H3/b18-10-. The van der Waals surface area contributed by atoms with Crippen molar-refractivity contribution in [1.29, 1.82) is 0 Å². The average Bonchev–Trinajstić information content (AvgIpc) is 3.11. The smallest absolute Gasteiger partial charge is 0.274 e. The van der Waals surface area contributed by atoms with Gasteiger partial charge in [0.05, 0.1) is 22.7 Å². The molecule has 0 fully saturated rings. The van der Waals surface area contributed by atoms with Crippen molar-refractivity contribution in [2.45, 2.75) is 13.8 Å². The molecule has 4 rings (SSSR count). The molecule has 0 aliphatic heterocycles. The second-order valence-corrected chi connectivity index (χ2v) is 9.71. The molecule has 140 valence electrons. The van der Waals surface area contributed by atoms with Gasteiger partial charge in [0, 0.05) is 0 Å². The molecule has 0 atom stereocenters. The highest BCUT2D eigenvalue weighted by molar-refractivity contribution is 14.1. The lowest BCUT2D eigenvalue weighted by Crippen LogP contribution is -2.22. The molecule has 28 heavy (non-hydrogen) atoms. The minimum atomic E-state index is -0.0385. The molecule has 7 heteroatoms. The van der Waals surface area contributed by atoms with Gasteiger partial charge in [-0.1, -0.05) is 17.3 Å². The summed E-state index contributed by atoms with van der Waals surface area (Å²) in [6.07, 6.45) is 7.19. The van der Waals surface area contributed by atoms with E-state index in [9.17, 15) is 4.79 Å². The molecule has 0 bridgehead atoms. The minimum Gasteiger partial charge on any atom is -0.479 e. The summed E-state index contributed by atoms with van der Waals surface area (Å²) in [6.45, 7) is 4.33. The molecule has 0 spiro atoms. The Balaban J connectivity index is 1.87. The molecule has 0 amide bonds. The summed E-state index contributed by atoms with van der Waals surface area (Å²) in [5, 5.41) is 0. The molecule has 0 aliphatic carbocycles. The maximum atomic E-state index is 13.0. The Morgan fingerprint density at radius 3 is 2.57 bits per heavy atom. The van der Waals surface area contributed by atoms with E-state index < -0.39 is 0 Å². The fraction of sp³-hybridized carbons (Fsp3) is 0.143. The van der Waals surface area contributed by atoms with Crippen LogP contribution in [0.1, 0.15) is 16.7 Å². The van der Waals surface area contributed by atoms with Gasteiger partial charge in [-0.2, -0.15) is 0 Å². The monoisotopic (exact) mass is 612 g/mol. The lowest BCUT2D eigenvalue weighted by Gasteiger charge is -2.08. The van der Waals surface area contributed by atoms with Crippen LogP contribution in [0.25, 0.3) is 22.1 Å². The Bertz CT molecular complexity index is 1370. The SMILES string of the molecule is C#CCOc1c(I)cc(/C=c2\sc3nc4cc(C)c(C)cc4n3c2=O)cc1I. The van der Waals surface area contributed by atoms with Crippen LogP contribution in [0.3, 0.4) is 0 Å². The zero-order valence-corrected chi connectivity index (χ0v) is 20.2. The third-order valence-corrected chi connectivity index (χ3v) is 7.04. The molecule has 2 aromatic heterocycles. The number of hydrogen-bond acceptors (Lipinski definition) is 4. The normalized spacial score (nSPS) is 12.0. The Kier molecular flexibility index (Phi) is 5.37. The van der Waals surface area contributed by atoms with Gasteiger partial charge in [-0.15, -0.1) is 6.42 Å². The summed E-state index contributed by atoms with van der Waals surface area (Å²) in [5.74, 6) is 3.25. The van der Waals surface area contributed by atoms with Crippen LogP contribution in [0.15, 0.2) is 29.1 Å². The van der Waals surface area contributed by atoms with E-state index in [1.165, 1.54) is 16.9 Å². The molecule has 4 aromatic rings.